The van der Waals surface area contributed by atoms with E-state index in [0.717, 1.165) is 0 Å². The lowest BCUT2D eigenvalue weighted by atomic mass is 9.96. The molecular weight excluding hydrogens is 588 g/mol. The summed E-state index contributed by atoms with van der Waals surface area (Å²) in [5.74, 6) is -2.41. The molecule has 0 bridgehead atoms. The van der Waals surface area contributed by atoms with Crippen molar-refractivity contribution in [2.24, 2.45) is 16.2 Å². The molecule has 0 aromatic rings. The van der Waals surface area contributed by atoms with Crippen LogP contribution in [0.1, 0.15) is 119 Å². The van der Waals surface area contributed by atoms with Crippen molar-refractivity contribution in [3.63, 3.8) is 0 Å². The molecule has 1 saturated heterocycles. The standard InChI is InChI=1S/C33H54O12/c1-31(2)19-40-25(34)13-7-9-15-27(36)42-21-32(3,4)23-44-29(38)17-11-12-18-30(39)45-24-33(5,6)22-43-28(37)16-10-8-14-26(35)41-20-31/h7-24H2,1-6H3. The van der Waals surface area contributed by atoms with Gasteiger partial charge in [0.25, 0.3) is 0 Å². The number of carbonyl (C=O) groups excluding carboxylic acids is 6. The lowest BCUT2D eigenvalue weighted by Gasteiger charge is -2.24. The molecule has 0 spiro atoms. The quantitative estimate of drug-likeness (QED) is 0.257. The van der Waals surface area contributed by atoms with Gasteiger partial charge in [0.05, 0.1) is 39.6 Å². The van der Waals surface area contributed by atoms with E-state index >= 15 is 0 Å². The van der Waals surface area contributed by atoms with Gasteiger partial charge in [0.2, 0.25) is 0 Å². The van der Waals surface area contributed by atoms with Gasteiger partial charge in [-0.15, -0.1) is 0 Å². The Morgan fingerprint density at radius 3 is 0.578 bits per heavy atom. The third-order valence-corrected chi connectivity index (χ3v) is 6.78. The maximum Gasteiger partial charge on any atom is 0.305 e. The summed E-state index contributed by atoms with van der Waals surface area (Å²) in [4.78, 5) is 73.0. The minimum atomic E-state index is -0.584. The van der Waals surface area contributed by atoms with Crippen LogP contribution in [-0.2, 0) is 57.2 Å². The number of ether oxygens (including phenoxy) is 6. The van der Waals surface area contributed by atoms with Crippen LogP contribution in [0.4, 0.5) is 0 Å². The summed E-state index contributed by atoms with van der Waals surface area (Å²) in [5.41, 5.74) is -1.75. The van der Waals surface area contributed by atoms with E-state index in [9.17, 15) is 28.8 Å². The van der Waals surface area contributed by atoms with Gasteiger partial charge in [0.1, 0.15) is 0 Å². The summed E-state index contributed by atoms with van der Waals surface area (Å²) < 4.78 is 32.0. The first-order valence-corrected chi connectivity index (χ1v) is 15.9. The third kappa shape index (κ3) is 21.2. The molecule has 0 atom stereocenters. The lowest BCUT2D eigenvalue weighted by molar-refractivity contribution is -0.155. The normalized spacial score (nSPS) is 23.6. The molecule has 45 heavy (non-hydrogen) atoms. The van der Waals surface area contributed by atoms with Gasteiger partial charge in [-0.1, -0.05) is 41.5 Å². The largest absolute Gasteiger partial charge is 0.465 e. The summed E-state index contributed by atoms with van der Waals surface area (Å²) in [6, 6.07) is 0. The Hall–Kier alpha value is -3.18. The van der Waals surface area contributed by atoms with E-state index < -0.39 is 52.1 Å². The molecule has 1 rings (SSSR count). The van der Waals surface area contributed by atoms with E-state index in [4.69, 9.17) is 28.4 Å². The molecule has 0 aliphatic carbocycles. The summed E-state index contributed by atoms with van der Waals surface area (Å²) in [7, 11) is 0. The average molecular weight is 643 g/mol. The first-order chi connectivity index (χ1) is 21.0. The molecule has 0 unspecified atom stereocenters. The Balaban J connectivity index is 2.64. The van der Waals surface area contributed by atoms with Gasteiger partial charge in [-0.3, -0.25) is 28.8 Å². The number of esters is 6. The second kappa shape index (κ2) is 20.0. The zero-order valence-corrected chi connectivity index (χ0v) is 28.1. The zero-order chi connectivity index (χ0) is 33.9. The van der Waals surface area contributed by atoms with Crippen molar-refractivity contribution in [1.29, 1.82) is 0 Å². The van der Waals surface area contributed by atoms with Crippen LogP contribution in [0.2, 0.25) is 0 Å². The Labute approximate surface area is 267 Å². The maximum absolute atomic E-state index is 12.2. The molecule has 12 nitrogen and oxygen atoms in total. The molecule has 12 heteroatoms. The Kier molecular flexibility index (Phi) is 17.8. The van der Waals surface area contributed by atoms with Crippen molar-refractivity contribution in [2.45, 2.75) is 119 Å². The van der Waals surface area contributed by atoms with Crippen LogP contribution in [0.25, 0.3) is 0 Å². The summed E-state index contributed by atoms with van der Waals surface area (Å²) in [6.45, 7) is 11.3. The minimum Gasteiger partial charge on any atom is -0.465 e. The SMILES string of the molecule is CC1(C)COC(=O)CCCCC(=O)OCC(C)(C)COC(=O)CCCCC(=O)OCC(C)(C)COC(=O)CCCCC(=O)OC1. The van der Waals surface area contributed by atoms with Gasteiger partial charge in [-0.05, 0) is 38.5 Å². The molecule has 0 aromatic heterocycles. The highest BCUT2D eigenvalue weighted by atomic mass is 16.6. The minimum absolute atomic E-state index is 0.0716. The fourth-order valence-electron chi connectivity index (χ4n) is 3.83. The van der Waals surface area contributed by atoms with Gasteiger partial charge in [-0.2, -0.15) is 0 Å². The number of cyclic esters (lactones) is 6. The molecular formula is C33H54O12. The van der Waals surface area contributed by atoms with Crippen LogP contribution in [0.5, 0.6) is 0 Å². The molecule has 0 radical (unpaired) electrons. The molecule has 0 N–H and O–H groups in total. The smallest absolute Gasteiger partial charge is 0.305 e. The highest BCUT2D eigenvalue weighted by molar-refractivity contribution is 5.72. The maximum atomic E-state index is 12.2. The van der Waals surface area contributed by atoms with E-state index in [0.29, 0.717) is 38.5 Å². The Morgan fingerprint density at radius 1 is 0.311 bits per heavy atom. The van der Waals surface area contributed by atoms with Gasteiger partial charge in [-0.25, -0.2) is 0 Å². The van der Waals surface area contributed by atoms with Crippen LogP contribution in [0.3, 0.4) is 0 Å². The number of hydrogen-bond acceptors (Lipinski definition) is 12. The van der Waals surface area contributed by atoms with Crippen molar-refractivity contribution in [3.05, 3.63) is 0 Å². The van der Waals surface area contributed by atoms with Crippen molar-refractivity contribution in [3.8, 4) is 0 Å². The van der Waals surface area contributed by atoms with Crippen LogP contribution < -0.4 is 0 Å². The van der Waals surface area contributed by atoms with Gasteiger partial charge in [0, 0.05) is 54.8 Å². The number of carbonyl (C=O) groups is 6. The van der Waals surface area contributed by atoms with E-state index in [1.807, 2.05) is 41.5 Å². The number of rotatable bonds is 0. The first-order valence-electron chi connectivity index (χ1n) is 15.9. The third-order valence-electron chi connectivity index (χ3n) is 6.78. The van der Waals surface area contributed by atoms with E-state index in [2.05, 4.69) is 0 Å². The Bertz CT molecular complexity index is 787. The van der Waals surface area contributed by atoms with Crippen molar-refractivity contribution >= 4 is 35.8 Å². The fraction of sp³-hybridized carbons (Fsp3) is 0.818. The monoisotopic (exact) mass is 642 g/mol. The topological polar surface area (TPSA) is 158 Å². The highest BCUT2D eigenvalue weighted by Gasteiger charge is 2.25. The predicted molar refractivity (Wildman–Crippen MR) is 163 cm³/mol. The van der Waals surface area contributed by atoms with Crippen molar-refractivity contribution in [1.82, 2.24) is 0 Å². The molecule has 0 saturated carbocycles. The van der Waals surface area contributed by atoms with Gasteiger partial charge < -0.3 is 28.4 Å². The average Bonchev–Trinajstić information content (AvgIpc) is 2.97. The second-order valence-electron chi connectivity index (χ2n) is 14.1. The summed E-state index contributed by atoms with van der Waals surface area (Å²) in [6.07, 6.45) is 3.58. The molecule has 1 heterocycles. The molecule has 1 fully saturated rings. The predicted octanol–water partition coefficient (Wildman–Crippen LogP) is 5.02. The van der Waals surface area contributed by atoms with Crippen LogP contribution >= 0.6 is 0 Å². The first kappa shape index (κ1) is 39.8. The van der Waals surface area contributed by atoms with Gasteiger partial charge in [0.15, 0.2) is 0 Å². The molecule has 1 aliphatic rings. The molecule has 0 aromatic carbocycles. The Morgan fingerprint density at radius 2 is 0.444 bits per heavy atom. The van der Waals surface area contributed by atoms with Gasteiger partial charge >= 0.3 is 35.8 Å². The summed E-state index contributed by atoms with van der Waals surface area (Å²) >= 11 is 0. The highest BCUT2D eigenvalue weighted by Crippen LogP contribution is 2.20. The number of hydrogen-bond donors (Lipinski definition) is 0. The van der Waals surface area contributed by atoms with Crippen molar-refractivity contribution in [2.75, 3.05) is 39.6 Å². The van der Waals surface area contributed by atoms with E-state index in [1.54, 1.807) is 0 Å². The summed E-state index contributed by atoms with van der Waals surface area (Å²) in [5, 5.41) is 0. The molecule has 0 amide bonds. The van der Waals surface area contributed by atoms with E-state index in [1.165, 1.54) is 0 Å². The second-order valence-corrected chi connectivity index (χ2v) is 14.1. The fourth-order valence-corrected chi connectivity index (χ4v) is 3.83. The van der Waals surface area contributed by atoms with Crippen LogP contribution in [0, 0.1) is 16.2 Å². The van der Waals surface area contributed by atoms with Crippen LogP contribution in [0.15, 0.2) is 0 Å². The van der Waals surface area contributed by atoms with Crippen LogP contribution in [-0.4, -0.2) is 75.5 Å². The lowest BCUT2D eigenvalue weighted by Crippen LogP contribution is -2.28. The zero-order valence-electron chi connectivity index (χ0n) is 28.1. The molecule has 258 valence electrons. The molecule has 1 aliphatic heterocycles. The van der Waals surface area contributed by atoms with Crippen molar-refractivity contribution < 1.29 is 57.2 Å². The van der Waals surface area contributed by atoms with E-state index in [-0.39, 0.29) is 78.2 Å².